The molecule has 0 aliphatic carbocycles. The summed E-state index contributed by atoms with van der Waals surface area (Å²) in [5.74, 6) is -1.23. The van der Waals surface area contributed by atoms with Crippen molar-refractivity contribution < 1.29 is 23.1 Å². The van der Waals surface area contributed by atoms with Gasteiger partial charge < -0.3 is 14.4 Å². The number of carboxylic acid groups (broad SMARTS) is 1. The predicted molar refractivity (Wildman–Crippen MR) is 66.2 cm³/mol. The smallest absolute Gasteiger partial charge is 0.318 e. The van der Waals surface area contributed by atoms with E-state index in [4.69, 9.17) is 9.84 Å². The Bertz CT molecular complexity index is 525. The molecule has 0 bridgehead atoms. The summed E-state index contributed by atoms with van der Waals surface area (Å²) in [4.78, 5) is 14.5. The van der Waals surface area contributed by atoms with Crippen molar-refractivity contribution in [1.82, 2.24) is 13.9 Å². The molecule has 0 amide bonds. The summed E-state index contributed by atoms with van der Waals surface area (Å²) >= 11 is 0. The summed E-state index contributed by atoms with van der Waals surface area (Å²) in [6.07, 6.45) is 2.76. The van der Waals surface area contributed by atoms with Crippen molar-refractivity contribution in [1.29, 1.82) is 0 Å². The fraction of sp³-hybridized carbons (Fsp3) is 0.600. The lowest BCUT2D eigenvalue weighted by atomic mass is 10.6. The molecule has 0 atom stereocenters. The van der Waals surface area contributed by atoms with Gasteiger partial charge in [-0.1, -0.05) is 0 Å². The van der Waals surface area contributed by atoms with Gasteiger partial charge in [-0.15, -0.1) is 0 Å². The molecule has 0 saturated carbocycles. The molecular formula is C10H17N3O5S. The van der Waals surface area contributed by atoms with E-state index in [1.807, 2.05) is 6.92 Å². The second-order valence-corrected chi connectivity index (χ2v) is 5.65. The maximum Gasteiger partial charge on any atom is 0.318 e. The highest BCUT2D eigenvalue weighted by atomic mass is 32.2. The van der Waals surface area contributed by atoms with Gasteiger partial charge in [-0.2, -0.15) is 4.31 Å². The predicted octanol–water partition coefficient (Wildman–Crippen LogP) is -0.375. The van der Waals surface area contributed by atoms with Crippen LogP contribution in [0.4, 0.5) is 0 Å². The van der Waals surface area contributed by atoms with Crippen molar-refractivity contribution >= 4 is 16.0 Å². The fourth-order valence-electron chi connectivity index (χ4n) is 1.41. The first-order valence-electron chi connectivity index (χ1n) is 5.64. The van der Waals surface area contributed by atoms with Crippen LogP contribution >= 0.6 is 0 Å². The molecular weight excluding hydrogens is 274 g/mol. The lowest BCUT2D eigenvalue weighted by molar-refractivity contribution is -0.137. The molecule has 0 saturated heterocycles. The van der Waals surface area contributed by atoms with Crippen LogP contribution in [-0.2, 0) is 26.1 Å². The van der Waals surface area contributed by atoms with Gasteiger partial charge in [-0.05, 0) is 6.92 Å². The minimum atomic E-state index is -3.92. The Kier molecular flexibility index (Phi) is 5.45. The first-order valence-corrected chi connectivity index (χ1v) is 7.08. The van der Waals surface area contributed by atoms with Crippen molar-refractivity contribution in [3.63, 3.8) is 0 Å². The molecule has 0 radical (unpaired) electrons. The summed E-state index contributed by atoms with van der Waals surface area (Å²) in [5, 5.41) is 8.61. The Morgan fingerprint density at radius 2 is 2.26 bits per heavy atom. The van der Waals surface area contributed by atoms with Crippen LogP contribution in [0, 0.1) is 0 Å². The third-order valence-corrected chi connectivity index (χ3v) is 4.17. The lowest BCUT2D eigenvalue weighted by Gasteiger charge is -2.18. The van der Waals surface area contributed by atoms with Gasteiger partial charge in [-0.25, -0.2) is 13.4 Å². The van der Waals surface area contributed by atoms with Crippen LogP contribution in [0.15, 0.2) is 17.6 Å². The van der Waals surface area contributed by atoms with Gasteiger partial charge in [0.2, 0.25) is 0 Å². The van der Waals surface area contributed by atoms with Crippen LogP contribution in [0.5, 0.6) is 0 Å². The maximum absolute atomic E-state index is 12.2. The van der Waals surface area contributed by atoms with Gasteiger partial charge in [0.1, 0.15) is 6.54 Å². The number of aliphatic carboxylic acids is 1. The minimum absolute atomic E-state index is 0.0376. The normalized spacial score (nSPS) is 11.9. The van der Waals surface area contributed by atoms with E-state index in [1.165, 1.54) is 19.6 Å². The molecule has 108 valence electrons. The molecule has 0 aliphatic heterocycles. The van der Waals surface area contributed by atoms with E-state index in [1.54, 1.807) is 4.57 Å². The van der Waals surface area contributed by atoms with Crippen LogP contribution in [-0.4, -0.2) is 60.2 Å². The van der Waals surface area contributed by atoms with Gasteiger partial charge in [0.25, 0.3) is 10.0 Å². The number of carboxylic acids is 1. The van der Waals surface area contributed by atoms with E-state index >= 15 is 0 Å². The van der Waals surface area contributed by atoms with Crippen molar-refractivity contribution in [2.45, 2.75) is 18.5 Å². The monoisotopic (exact) mass is 291 g/mol. The Labute approximate surface area is 111 Å². The van der Waals surface area contributed by atoms with Crippen LogP contribution in [0.25, 0.3) is 0 Å². The van der Waals surface area contributed by atoms with E-state index in [9.17, 15) is 13.2 Å². The standard InChI is InChI=1S/C10H17N3O5S/c1-3-12-6-9(11-8-12)19(16,17)13(4-5-18-2)7-10(14)15/h6,8H,3-5,7H2,1-2H3,(H,14,15). The number of methoxy groups -OCH3 is 1. The van der Waals surface area contributed by atoms with Crippen LogP contribution < -0.4 is 0 Å². The number of sulfonamides is 1. The zero-order valence-electron chi connectivity index (χ0n) is 10.8. The van der Waals surface area contributed by atoms with Gasteiger partial charge in [-0.3, -0.25) is 4.79 Å². The zero-order valence-corrected chi connectivity index (χ0v) is 11.6. The molecule has 0 aliphatic rings. The van der Waals surface area contributed by atoms with Crippen molar-refractivity contribution in [3.8, 4) is 0 Å². The van der Waals surface area contributed by atoms with Crippen molar-refractivity contribution in [2.24, 2.45) is 0 Å². The summed E-state index contributed by atoms with van der Waals surface area (Å²) in [5.41, 5.74) is 0. The minimum Gasteiger partial charge on any atom is -0.480 e. The Morgan fingerprint density at radius 1 is 1.58 bits per heavy atom. The highest BCUT2D eigenvalue weighted by molar-refractivity contribution is 7.89. The summed E-state index contributed by atoms with van der Waals surface area (Å²) < 4.78 is 31.7. The quantitative estimate of drug-likeness (QED) is 0.701. The SMILES string of the molecule is CCn1cnc(S(=O)(=O)N(CCOC)CC(=O)O)c1. The average molecular weight is 291 g/mol. The van der Waals surface area contributed by atoms with E-state index < -0.39 is 22.5 Å². The van der Waals surface area contributed by atoms with Gasteiger partial charge in [0.05, 0.1) is 12.9 Å². The van der Waals surface area contributed by atoms with Crippen LogP contribution in [0.2, 0.25) is 0 Å². The fourth-order valence-corrected chi connectivity index (χ4v) is 2.71. The largest absolute Gasteiger partial charge is 0.480 e. The number of aryl methyl sites for hydroxylation is 1. The molecule has 1 rings (SSSR count). The molecule has 9 heteroatoms. The summed E-state index contributed by atoms with van der Waals surface area (Å²) in [6.45, 7) is 1.88. The molecule has 0 aromatic carbocycles. The third kappa shape index (κ3) is 4.01. The van der Waals surface area contributed by atoms with Gasteiger partial charge in [0, 0.05) is 26.4 Å². The number of ether oxygens (including phenoxy) is 1. The lowest BCUT2D eigenvalue weighted by Crippen LogP contribution is -2.38. The molecule has 19 heavy (non-hydrogen) atoms. The highest BCUT2D eigenvalue weighted by Crippen LogP contribution is 2.13. The molecule has 0 fully saturated rings. The number of aromatic nitrogens is 2. The van der Waals surface area contributed by atoms with Gasteiger partial charge >= 0.3 is 5.97 Å². The summed E-state index contributed by atoms with van der Waals surface area (Å²) in [6, 6.07) is 0. The molecule has 0 spiro atoms. The number of rotatable bonds is 8. The number of nitrogens with zero attached hydrogens (tertiary/aromatic N) is 3. The molecule has 1 aromatic rings. The number of carbonyl (C=O) groups is 1. The van der Waals surface area contributed by atoms with Crippen LogP contribution in [0.1, 0.15) is 6.92 Å². The maximum atomic E-state index is 12.2. The van der Waals surface area contributed by atoms with Crippen molar-refractivity contribution in [2.75, 3.05) is 26.8 Å². The highest BCUT2D eigenvalue weighted by Gasteiger charge is 2.28. The summed E-state index contributed by atoms with van der Waals surface area (Å²) in [7, 11) is -2.50. The Hall–Kier alpha value is -1.45. The van der Waals surface area contributed by atoms with E-state index in [0.717, 1.165) is 4.31 Å². The molecule has 0 unspecified atom stereocenters. The molecule has 1 heterocycles. The second kappa shape index (κ2) is 6.64. The third-order valence-electron chi connectivity index (χ3n) is 2.44. The van der Waals surface area contributed by atoms with Gasteiger partial charge in [0.15, 0.2) is 5.03 Å². The number of imidazole rings is 1. The van der Waals surface area contributed by atoms with E-state index in [2.05, 4.69) is 4.98 Å². The zero-order chi connectivity index (χ0) is 14.5. The average Bonchev–Trinajstić information content (AvgIpc) is 2.83. The molecule has 8 nitrogen and oxygen atoms in total. The second-order valence-electron chi connectivity index (χ2n) is 3.77. The number of hydrogen-bond acceptors (Lipinski definition) is 5. The Balaban J connectivity index is 3.00. The number of hydrogen-bond donors (Lipinski definition) is 1. The first kappa shape index (κ1) is 15.6. The van der Waals surface area contributed by atoms with Crippen molar-refractivity contribution in [3.05, 3.63) is 12.5 Å². The Morgan fingerprint density at radius 3 is 2.74 bits per heavy atom. The van der Waals surface area contributed by atoms with E-state index in [-0.39, 0.29) is 18.2 Å². The topological polar surface area (TPSA) is 102 Å². The molecule has 1 N–H and O–H groups in total. The first-order chi connectivity index (χ1) is 8.91. The molecule has 1 aromatic heterocycles. The van der Waals surface area contributed by atoms with E-state index in [0.29, 0.717) is 6.54 Å². The van der Waals surface area contributed by atoms with Crippen LogP contribution in [0.3, 0.4) is 0 Å².